The summed E-state index contributed by atoms with van der Waals surface area (Å²) in [5.74, 6) is -0.105. The van der Waals surface area contributed by atoms with Crippen molar-refractivity contribution in [2.45, 2.75) is 6.54 Å². The van der Waals surface area contributed by atoms with Crippen molar-refractivity contribution in [1.82, 2.24) is 4.98 Å². The summed E-state index contributed by atoms with van der Waals surface area (Å²) in [5.41, 5.74) is 6.66. The van der Waals surface area contributed by atoms with E-state index < -0.39 is 0 Å². The quantitative estimate of drug-likeness (QED) is 0.531. The average molecular weight is 162 g/mol. The fourth-order valence-electron chi connectivity index (χ4n) is 0.861. The number of rotatable bonds is 3. The molecule has 0 aliphatic rings. The minimum absolute atomic E-state index is 0.105. The van der Waals surface area contributed by atoms with Gasteiger partial charge < -0.3 is 5.73 Å². The largest absolute Gasteiger partial charge is 0.325 e. The van der Waals surface area contributed by atoms with Gasteiger partial charge in [0.1, 0.15) is 0 Å². The van der Waals surface area contributed by atoms with Gasteiger partial charge in [0.2, 0.25) is 0 Å². The monoisotopic (exact) mass is 162 g/mol. The molecule has 12 heavy (non-hydrogen) atoms. The Bertz CT molecular complexity index is 307. The molecule has 0 saturated carbocycles. The molecule has 0 amide bonds. The van der Waals surface area contributed by atoms with Crippen molar-refractivity contribution in [3.8, 4) is 0 Å². The minimum Gasteiger partial charge on any atom is -0.325 e. The molecule has 0 spiro atoms. The Balaban J connectivity index is 3.01. The highest BCUT2D eigenvalue weighted by Crippen LogP contribution is 2.02. The van der Waals surface area contributed by atoms with Gasteiger partial charge in [-0.3, -0.25) is 9.78 Å². The molecule has 0 bridgehead atoms. The van der Waals surface area contributed by atoms with Gasteiger partial charge in [-0.1, -0.05) is 6.58 Å². The molecule has 1 aromatic rings. The van der Waals surface area contributed by atoms with E-state index in [9.17, 15) is 4.79 Å². The number of ketones is 1. The maximum atomic E-state index is 11.1. The molecule has 0 radical (unpaired) electrons. The molecular formula is C9H10N2O. The Morgan fingerprint density at radius 2 is 2.50 bits per heavy atom. The van der Waals surface area contributed by atoms with E-state index in [4.69, 9.17) is 5.73 Å². The summed E-state index contributed by atoms with van der Waals surface area (Å²) in [4.78, 5) is 15.1. The lowest BCUT2D eigenvalue weighted by Crippen LogP contribution is -2.02. The second-order valence-corrected chi connectivity index (χ2v) is 2.31. The number of aromatic nitrogens is 1. The van der Waals surface area contributed by atoms with Gasteiger partial charge >= 0.3 is 0 Å². The predicted molar refractivity (Wildman–Crippen MR) is 46.7 cm³/mol. The summed E-state index contributed by atoms with van der Waals surface area (Å²) in [7, 11) is 0. The van der Waals surface area contributed by atoms with Crippen molar-refractivity contribution in [3.05, 3.63) is 42.2 Å². The molecule has 62 valence electrons. The topological polar surface area (TPSA) is 56.0 Å². The first kappa shape index (κ1) is 8.62. The first-order valence-electron chi connectivity index (χ1n) is 3.59. The summed E-state index contributed by atoms with van der Waals surface area (Å²) < 4.78 is 0. The zero-order chi connectivity index (χ0) is 8.97. The van der Waals surface area contributed by atoms with Crippen molar-refractivity contribution in [3.63, 3.8) is 0 Å². The van der Waals surface area contributed by atoms with Gasteiger partial charge in [-0.25, -0.2) is 0 Å². The van der Waals surface area contributed by atoms with E-state index >= 15 is 0 Å². The fourth-order valence-corrected chi connectivity index (χ4v) is 0.861. The van der Waals surface area contributed by atoms with Crippen molar-refractivity contribution in [2.24, 2.45) is 5.73 Å². The second kappa shape index (κ2) is 3.78. The van der Waals surface area contributed by atoms with Crippen LogP contribution >= 0.6 is 0 Å². The Morgan fingerprint density at radius 1 is 1.75 bits per heavy atom. The van der Waals surface area contributed by atoms with Crippen LogP contribution in [-0.4, -0.2) is 10.8 Å². The zero-order valence-corrected chi connectivity index (χ0v) is 6.66. The second-order valence-electron chi connectivity index (χ2n) is 2.31. The number of hydrogen-bond donors (Lipinski definition) is 1. The minimum atomic E-state index is -0.105. The molecule has 0 fully saturated rings. The van der Waals surface area contributed by atoms with Gasteiger partial charge in [-0.2, -0.15) is 0 Å². The number of nitrogens with two attached hydrogens (primary N) is 1. The first-order valence-corrected chi connectivity index (χ1v) is 3.59. The number of carbonyl (C=O) groups is 1. The number of pyridine rings is 1. The molecule has 0 aliphatic carbocycles. The van der Waals surface area contributed by atoms with Crippen molar-refractivity contribution in [1.29, 1.82) is 0 Å². The molecule has 3 heteroatoms. The van der Waals surface area contributed by atoms with Crippen LogP contribution in [0, 0.1) is 0 Å². The number of carbonyl (C=O) groups excluding carboxylic acids is 1. The Morgan fingerprint density at radius 3 is 3.08 bits per heavy atom. The van der Waals surface area contributed by atoms with E-state index in [0.29, 0.717) is 17.8 Å². The Kier molecular flexibility index (Phi) is 2.71. The van der Waals surface area contributed by atoms with Crippen LogP contribution in [0.1, 0.15) is 16.1 Å². The highest BCUT2D eigenvalue weighted by atomic mass is 16.1. The highest BCUT2D eigenvalue weighted by molar-refractivity contribution is 6.04. The van der Waals surface area contributed by atoms with E-state index in [2.05, 4.69) is 11.6 Å². The van der Waals surface area contributed by atoms with Crippen molar-refractivity contribution in [2.75, 3.05) is 0 Å². The molecule has 0 aliphatic heterocycles. The van der Waals surface area contributed by atoms with Crippen molar-refractivity contribution >= 4 is 5.78 Å². The first-order chi connectivity index (χ1) is 5.77. The predicted octanol–water partition coefficient (Wildman–Crippen LogP) is 0.909. The molecule has 1 aromatic heterocycles. The average Bonchev–Trinajstić information content (AvgIpc) is 2.17. The summed E-state index contributed by atoms with van der Waals surface area (Å²) in [5, 5.41) is 0. The molecule has 1 rings (SSSR count). The lowest BCUT2D eigenvalue weighted by Gasteiger charge is -1.97. The summed E-state index contributed by atoms with van der Waals surface area (Å²) >= 11 is 0. The number of nitrogens with zero attached hydrogens (tertiary/aromatic N) is 1. The van der Waals surface area contributed by atoms with Gasteiger partial charge in [-0.05, 0) is 18.2 Å². The molecular weight excluding hydrogens is 152 g/mol. The van der Waals surface area contributed by atoms with Gasteiger partial charge in [0, 0.05) is 18.3 Å². The van der Waals surface area contributed by atoms with Crippen LogP contribution in [0.4, 0.5) is 0 Å². The van der Waals surface area contributed by atoms with E-state index in [1.165, 1.54) is 6.08 Å². The van der Waals surface area contributed by atoms with Crippen LogP contribution < -0.4 is 5.73 Å². The smallest absolute Gasteiger partial charge is 0.185 e. The molecule has 3 nitrogen and oxygen atoms in total. The van der Waals surface area contributed by atoms with Gasteiger partial charge in [0.25, 0.3) is 0 Å². The van der Waals surface area contributed by atoms with Crippen molar-refractivity contribution < 1.29 is 4.79 Å². The van der Waals surface area contributed by atoms with E-state index in [1.807, 2.05) is 0 Å². The molecule has 1 heterocycles. The fraction of sp³-hybridized carbons (Fsp3) is 0.111. The van der Waals surface area contributed by atoms with Crippen LogP contribution in [0.25, 0.3) is 0 Å². The van der Waals surface area contributed by atoms with Crippen LogP contribution in [0.5, 0.6) is 0 Å². The number of hydrogen-bond acceptors (Lipinski definition) is 3. The van der Waals surface area contributed by atoms with Crippen LogP contribution in [0.15, 0.2) is 31.0 Å². The summed E-state index contributed by atoms with van der Waals surface area (Å²) in [6, 6.07) is 3.31. The molecule has 0 aromatic carbocycles. The third-order valence-electron chi connectivity index (χ3n) is 1.50. The van der Waals surface area contributed by atoms with Gasteiger partial charge in [-0.15, -0.1) is 0 Å². The summed E-state index contributed by atoms with van der Waals surface area (Å²) in [6.45, 7) is 3.74. The summed E-state index contributed by atoms with van der Waals surface area (Å²) in [6.07, 6.45) is 2.84. The van der Waals surface area contributed by atoms with E-state index in [0.717, 1.165) is 0 Å². The Hall–Kier alpha value is -1.48. The molecule has 0 saturated heterocycles. The SMILES string of the molecule is C=CC(=O)c1ccnc(CN)c1. The number of allylic oxidation sites excluding steroid dienone is 1. The third kappa shape index (κ3) is 1.77. The lowest BCUT2D eigenvalue weighted by atomic mass is 10.1. The maximum absolute atomic E-state index is 11.1. The standard InChI is InChI=1S/C9H10N2O/c1-2-9(12)7-3-4-11-8(5-7)6-10/h2-5H,1,6,10H2. The lowest BCUT2D eigenvalue weighted by molar-refractivity contribution is 0.104. The van der Waals surface area contributed by atoms with Crippen LogP contribution in [0.3, 0.4) is 0 Å². The Labute approximate surface area is 70.9 Å². The maximum Gasteiger partial charge on any atom is 0.185 e. The highest BCUT2D eigenvalue weighted by Gasteiger charge is 2.00. The molecule has 2 N–H and O–H groups in total. The van der Waals surface area contributed by atoms with Crippen LogP contribution in [0.2, 0.25) is 0 Å². The normalized spacial score (nSPS) is 9.42. The zero-order valence-electron chi connectivity index (χ0n) is 6.66. The van der Waals surface area contributed by atoms with Gasteiger partial charge in [0.05, 0.1) is 5.69 Å². The van der Waals surface area contributed by atoms with Gasteiger partial charge in [0.15, 0.2) is 5.78 Å². The van der Waals surface area contributed by atoms with Crippen LogP contribution in [-0.2, 0) is 6.54 Å². The molecule has 0 unspecified atom stereocenters. The third-order valence-corrected chi connectivity index (χ3v) is 1.50. The van der Waals surface area contributed by atoms with E-state index in [-0.39, 0.29) is 5.78 Å². The molecule has 0 atom stereocenters. The van der Waals surface area contributed by atoms with E-state index in [1.54, 1.807) is 18.3 Å².